The molecule has 120 valence electrons. The maximum Gasteiger partial charge on any atom is 0.241 e. The van der Waals surface area contributed by atoms with Crippen molar-refractivity contribution in [3.05, 3.63) is 63.1 Å². The fourth-order valence-electron chi connectivity index (χ4n) is 1.94. The van der Waals surface area contributed by atoms with Crippen molar-refractivity contribution in [2.75, 3.05) is 7.11 Å². The van der Waals surface area contributed by atoms with Crippen molar-refractivity contribution in [3.63, 3.8) is 0 Å². The third kappa shape index (κ3) is 5.01. The first-order valence-electron chi connectivity index (χ1n) is 6.72. The van der Waals surface area contributed by atoms with Gasteiger partial charge in [0.1, 0.15) is 18.1 Å². The Kier molecular flexibility index (Phi) is 6.07. The van der Waals surface area contributed by atoms with Crippen LogP contribution in [0.5, 0.6) is 11.5 Å². The van der Waals surface area contributed by atoms with Crippen molar-refractivity contribution < 1.29 is 14.3 Å². The topological polar surface area (TPSA) is 61.5 Å². The lowest BCUT2D eigenvalue weighted by Crippen LogP contribution is -2.05. The smallest absolute Gasteiger partial charge is 0.241 e. The predicted octanol–water partition coefficient (Wildman–Crippen LogP) is 4.19. The molecule has 0 fully saturated rings. The first-order valence-corrected chi connectivity index (χ1v) is 7.89. The normalized spacial score (nSPS) is 10.7. The molecular weight excluding hydrogens is 382 g/mol. The van der Waals surface area contributed by atoms with E-state index in [4.69, 9.17) is 26.8 Å². The fraction of sp³-hybridized carbons (Fsp3) is 0.118. The van der Waals surface area contributed by atoms with Crippen LogP contribution in [0.2, 0.25) is 5.02 Å². The number of carbonyl (C=O) groups excluding carboxylic acids is 1. The Morgan fingerprint density at radius 2 is 2.00 bits per heavy atom. The second-order valence-electron chi connectivity index (χ2n) is 4.67. The molecule has 0 aromatic heterocycles. The number of benzene rings is 2. The van der Waals surface area contributed by atoms with Gasteiger partial charge < -0.3 is 15.2 Å². The fourth-order valence-corrected chi connectivity index (χ4v) is 2.74. The van der Waals surface area contributed by atoms with Crippen molar-refractivity contribution in [2.45, 2.75) is 6.61 Å². The molecule has 2 aromatic carbocycles. The summed E-state index contributed by atoms with van der Waals surface area (Å²) in [4.78, 5) is 10.8. The highest BCUT2D eigenvalue weighted by atomic mass is 79.9. The van der Waals surface area contributed by atoms with Gasteiger partial charge in [-0.1, -0.05) is 17.7 Å². The van der Waals surface area contributed by atoms with E-state index in [9.17, 15) is 4.79 Å². The van der Waals surface area contributed by atoms with Gasteiger partial charge in [-0.3, -0.25) is 4.79 Å². The molecule has 0 bridgehead atoms. The van der Waals surface area contributed by atoms with Crippen molar-refractivity contribution >= 4 is 39.5 Å². The van der Waals surface area contributed by atoms with Crippen molar-refractivity contribution in [1.29, 1.82) is 0 Å². The molecule has 4 nitrogen and oxygen atoms in total. The highest BCUT2D eigenvalue weighted by Gasteiger charge is 2.07. The Labute approximate surface area is 148 Å². The van der Waals surface area contributed by atoms with Gasteiger partial charge in [0.15, 0.2) is 0 Å². The van der Waals surface area contributed by atoms with E-state index in [2.05, 4.69) is 15.9 Å². The number of hydrogen-bond donors (Lipinski definition) is 1. The number of carbonyl (C=O) groups is 1. The lowest BCUT2D eigenvalue weighted by atomic mass is 10.1. The minimum Gasteiger partial charge on any atom is -0.496 e. The van der Waals surface area contributed by atoms with Gasteiger partial charge in [-0.2, -0.15) is 0 Å². The molecule has 0 saturated carbocycles. The zero-order chi connectivity index (χ0) is 16.8. The largest absolute Gasteiger partial charge is 0.496 e. The van der Waals surface area contributed by atoms with Crippen LogP contribution >= 0.6 is 27.5 Å². The Hall–Kier alpha value is -1.98. The summed E-state index contributed by atoms with van der Waals surface area (Å²) in [6, 6.07) is 10.8. The molecule has 2 rings (SSSR count). The highest BCUT2D eigenvalue weighted by molar-refractivity contribution is 9.10. The Morgan fingerprint density at radius 1 is 1.26 bits per heavy atom. The molecule has 0 heterocycles. The Balaban J connectivity index is 2.20. The third-order valence-electron chi connectivity index (χ3n) is 3.02. The average Bonchev–Trinajstić information content (AvgIpc) is 2.52. The predicted molar refractivity (Wildman–Crippen MR) is 94.7 cm³/mol. The lowest BCUT2D eigenvalue weighted by molar-refractivity contribution is -0.113. The quantitative estimate of drug-likeness (QED) is 0.745. The van der Waals surface area contributed by atoms with E-state index in [0.29, 0.717) is 23.1 Å². The van der Waals surface area contributed by atoms with Crippen LogP contribution in [0.25, 0.3) is 6.08 Å². The molecule has 0 aliphatic carbocycles. The molecule has 1 amide bonds. The van der Waals surface area contributed by atoms with Crippen LogP contribution in [-0.4, -0.2) is 13.0 Å². The molecule has 0 saturated heterocycles. The number of amides is 1. The first-order chi connectivity index (χ1) is 11.0. The van der Waals surface area contributed by atoms with Gasteiger partial charge >= 0.3 is 0 Å². The minimum absolute atomic E-state index is 0.307. The zero-order valence-corrected chi connectivity index (χ0v) is 14.7. The highest BCUT2D eigenvalue weighted by Crippen LogP contribution is 2.30. The molecule has 23 heavy (non-hydrogen) atoms. The Bertz CT molecular complexity index is 747. The van der Waals surface area contributed by atoms with E-state index >= 15 is 0 Å². The maximum absolute atomic E-state index is 10.8. The van der Waals surface area contributed by atoms with Crippen LogP contribution in [0.15, 0.2) is 46.9 Å². The summed E-state index contributed by atoms with van der Waals surface area (Å²) >= 11 is 9.32. The van der Waals surface area contributed by atoms with Crippen molar-refractivity contribution in [2.24, 2.45) is 5.73 Å². The van der Waals surface area contributed by atoms with Crippen molar-refractivity contribution in [3.8, 4) is 11.5 Å². The van der Waals surface area contributed by atoms with Gasteiger partial charge in [0.05, 0.1) is 11.6 Å². The summed E-state index contributed by atoms with van der Waals surface area (Å²) < 4.78 is 11.9. The summed E-state index contributed by atoms with van der Waals surface area (Å²) in [7, 11) is 1.59. The van der Waals surface area contributed by atoms with Gasteiger partial charge in [0.2, 0.25) is 5.91 Å². The number of hydrogen-bond acceptors (Lipinski definition) is 3. The van der Waals surface area contributed by atoms with Crippen LogP contribution in [0.4, 0.5) is 0 Å². The van der Waals surface area contributed by atoms with Gasteiger partial charge in [0, 0.05) is 16.7 Å². The van der Waals surface area contributed by atoms with Gasteiger partial charge in [0.25, 0.3) is 0 Å². The minimum atomic E-state index is -0.497. The molecule has 0 unspecified atom stereocenters. The number of primary amides is 1. The van der Waals surface area contributed by atoms with Gasteiger partial charge in [-0.15, -0.1) is 0 Å². The van der Waals surface area contributed by atoms with Crippen LogP contribution in [0.3, 0.4) is 0 Å². The zero-order valence-electron chi connectivity index (χ0n) is 12.4. The van der Waals surface area contributed by atoms with E-state index in [-0.39, 0.29) is 0 Å². The summed E-state index contributed by atoms with van der Waals surface area (Å²) in [6.45, 7) is 0.307. The molecule has 0 spiro atoms. The molecule has 0 atom stereocenters. The number of rotatable bonds is 6. The summed E-state index contributed by atoms with van der Waals surface area (Å²) in [5.41, 5.74) is 6.79. The molecule has 6 heteroatoms. The van der Waals surface area contributed by atoms with Crippen LogP contribution in [-0.2, 0) is 11.4 Å². The van der Waals surface area contributed by atoms with Crippen LogP contribution in [0, 0.1) is 0 Å². The molecule has 2 aromatic rings. The molecule has 0 aliphatic rings. The molecule has 2 N–H and O–H groups in total. The van der Waals surface area contributed by atoms with Gasteiger partial charge in [-0.25, -0.2) is 0 Å². The average molecular weight is 397 g/mol. The van der Waals surface area contributed by atoms with E-state index < -0.39 is 5.91 Å². The second-order valence-corrected chi connectivity index (χ2v) is 5.96. The SMILES string of the molecule is COc1ccc(/C=C\C(N)=O)cc1COc1ccc(Cl)cc1Br. The Morgan fingerprint density at radius 3 is 2.65 bits per heavy atom. The molecule has 0 aliphatic heterocycles. The lowest BCUT2D eigenvalue weighted by Gasteiger charge is -2.12. The first kappa shape index (κ1) is 17.4. The van der Waals surface area contributed by atoms with E-state index in [0.717, 1.165) is 15.6 Å². The van der Waals surface area contributed by atoms with E-state index in [1.54, 1.807) is 31.4 Å². The second kappa shape index (κ2) is 8.04. The molecule has 0 radical (unpaired) electrons. The number of methoxy groups -OCH3 is 1. The summed E-state index contributed by atoms with van der Waals surface area (Å²) in [5.74, 6) is 0.879. The third-order valence-corrected chi connectivity index (χ3v) is 3.88. The van der Waals surface area contributed by atoms with E-state index in [1.165, 1.54) is 6.08 Å². The number of ether oxygens (including phenoxy) is 2. The maximum atomic E-state index is 10.8. The summed E-state index contributed by atoms with van der Waals surface area (Å²) in [6.07, 6.45) is 2.95. The van der Waals surface area contributed by atoms with E-state index in [1.807, 2.05) is 18.2 Å². The summed E-state index contributed by atoms with van der Waals surface area (Å²) in [5, 5.41) is 0.625. The van der Waals surface area contributed by atoms with Gasteiger partial charge in [-0.05, 0) is 57.9 Å². The number of halogens is 2. The molecular formula is C17H15BrClNO3. The standard InChI is InChI=1S/C17H15BrClNO3/c1-22-15-5-2-11(3-7-17(20)21)8-12(15)10-23-16-6-4-13(19)9-14(16)18/h2-9H,10H2,1H3,(H2,20,21)/b7-3-. The van der Waals surface area contributed by atoms with Crippen molar-refractivity contribution in [1.82, 2.24) is 0 Å². The number of nitrogens with two attached hydrogens (primary N) is 1. The van der Waals surface area contributed by atoms with Crippen LogP contribution in [0.1, 0.15) is 11.1 Å². The monoisotopic (exact) mass is 395 g/mol. The van der Waals surface area contributed by atoms with Crippen LogP contribution < -0.4 is 15.2 Å².